The highest BCUT2D eigenvalue weighted by Gasteiger charge is 2.27. The Morgan fingerprint density at radius 3 is 2.72 bits per heavy atom. The summed E-state index contributed by atoms with van der Waals surface area (Å²) in [5, 5.41) is 3.26. The van der Waals surface area contributed by atoms with Gasteiger partial charge in [0.1, 0.15) is 0 Å². The lowest BCUT2D eigenvalue weighted by Crippen LogP contribution is -2.49. The van der Waals surface area contributed by atoms with E-state index in [1.54, 1.807) is 7.11 Å². The number of thioether (sulfide) groups is 1. The first kappa shape index (κ1) is 15.8. The molecule has 0 radical (unpaired) electrons. The average molecular weight is 274 g/mol. The summed E-state index contributed by atoms with van der Waals surface area (Å²) in [5.74, 6) is 2.41. The van der Waals surface area contributed by atoms with E-state index in [0.29, 0.717) is 25.7 Å². The van der Waals surface area contributed by atoms with Crippen molar-refractivity contribution in [3.8, 4) is 0 Å². The van der Waals surface area contributed by atoms with Crippen LogP contribution in [0.1, 0.15) is 27.2 Å². The SMILES string of the molecule is COCCN(C(=O)CNC(C)(C)C)C1CCSC1. The summed E-state index contributed by atoms with van der Waals surface area (Å²) in [6, 6.07) is 0.388. The molecule has 1 amide bonds. The fourth-order valence-corrected chi connectivity index (χ4v) is 3.13. The van der Waals surface area contributed by atoms with Crippen LogP contribution in [-0.2, 0) is 9.53 Å². The van der Waals surface area contributed by atoms with Crippen molar-refractivity contribution >= 4 is 17.7 Å². The Morgan fingerprint density at radius 2 is 2.22 bits per heavy atom. The number of ether oxygens (including phenoxy) is 1. The van der Waals surface area contributed by atoms with Crippen LogP contribution in [-0.4, -0.2) is 60.7 Å². The lowest BCUT2D eigenvalue weighted by Gasteiger charge is -2.30. The van der Waals surface area contributed by atoms with Gasteiger partial charge in [0.25, 0.3) is 0 Å². The molecule has 106 valence electrons. The van der Waals surface area contributed by atoms with Gasteiger partial charge in [-0.3, -0.25) is 4.79 Å². The first-order valence-corrected chi connectivity index (χ1v) is 7.70. The Hall–Kier alpha value is -0.260. The Morgan fingerprint density at radius 1 is 1.50 bits per heavy atom. The molecule has 1 rings (SSSR count). The molecule has 1 fully saturated rings. The average Bonchev–Trinajstić information content (AvgIpc) is 2.79. The van der Waals surface area contributed by atoms with Crippen molar-refractivity contribution in [1.82, 2.24) is 10.2 Å². The van der Waals surface area contributed by atoms with Gasteiger partial charge >= 0.3 is 0 Å². The number of hydrogen-bond acceptors (Lipinski definition) is 4. The fourth-order valence-electron chi connectivity index (χ4n) is 1.91. The minimum absolute atomic E-state index is 0.0208. The molecule has 0 spiro atoms. The summed E-state index contributed by atoms with van der Waals surface area (Å²) >= 11 is 1.93. The van der Waals surface area contributed by atoms with Crippen LogP contribution >= 0.6 is 11.8 Å². The van der Waals surface area contributed by atoms with Gasteiger partial charge in [0.05, 0.1) is 13.2 Å². The van der Waals surface area contributed by atoms with Gasteiger partial charge in [0.2, 0.25) is 5.91 Å². The van der Waals surface area contributed by atoms with E-state index in [2.05, 4.69) is 26.1 Å². The van der Waals surface area contributed by atoms with E-state index in [9.17, 15) is 4.79 Å². The molecule has 0 saturated carbocycles. The maximum Gasteiger partial charge on any atom is 0.236 e. The van der Waals surface area contributed by atoms with E-state index in [-0.39, 0.29) is 11.4 Å². The molecule has 0 aromatic carbocycles. The number of hydrogen-bond donors (Lipinski definition) is 1. The van der Waals surface area contributed by atoms with Gasteiger partial charge in [0.15, 0.2) is 0 Å². The number of carbonyl (C=O) groups excluding carboxylic acids is 1. The number of amides is 1. The van der Waals surface area contributed by atoms with E-state index in [1.807, 2.05) is 16.7 Å². The summed E-state index contributed by atoms with van der Waals surface area (Å²) in [5.41, 5.74) is -0.0208. The smallest absolute Gasteiger partial charge is 0.236 e. The highest BCUT2D eigenvalue weighted by Crippen LogP contribution is 2.22. The molecule has 0 aromatic heterocycles. The quantitative estimate of drug-likeness (QED) is 0.794. The number of rotatable bonds is 6. The van der Waals surface area contributed by atoms with E-state index in [0.717, 1.165) is 17.9 Å². The van der Waals surface area contributed by atoms with Gasteiger partial charge in [-0.1, -0.05) is 0 Å². The van der Waals surface area contributed by atoms with Crippen molar-refractivity contribution < 1.29 is 9.53 Å². The van der Waals surface area contributed by atoms with E-state index >= 15 is 0 Å². The lowest BCUT2D eigenvalue weighted by atomic mass is 10.1. The first-order valence-electron chi connectivity index (χ1n) is 6.55. The zero-order valence-corrected chi connectivity index (χ0v) is 12.8. The molecule has 1 unspecified atom stereocenters. The van der Waals surface area contributed by atoms with Crippen LogP contribution in [0, 0.1) is 0 Å². The van der Waals surface area contributed by atoms with Crippen molar-refractivity contribution in [1.29, 1.82) is 0 Å². The second-order valence-corrected chi connectivity index (χ2v) is 6.85. The van der Waals surface area contributed by atoms with Gasteiger partial charge in [-0.25, -0.2) is 0 Å². The van der Waals surface area contributed by atoms with Crippen LogP contribution in [0.25, 0.3) is 0 Å². The largest absolute Gasteiger partial charge is 0.383 e. The van der Waals surface area contributed by atoms with E-state index in [1.165, 1.54) is 0 Å². The van der Waals surface area contributed by atoms with Crippen LogP contribution in [0.3, 0.4) is 0 Å². The number of methoxy groups -OCH3 is 1. The van der Waals surface area contributed by atoms with Gasteiger partial charge in [0, 0.05) is 31.0 Å². The topological polar surface area (TPSA) is 41.6 Å². The highest BCUT2D eigenvalue weighted by atomic mass is 32.2. The molecule has 1 aliphatic rings. The molecule has 4 nitrogen and oxygen atoms in total. The van der Waals surface area contributed by atoms with Crippen molar-refractivity contribution in [3.63, 3.8) is 0 Å². The van der Waals surface area contributed by atoms with Gasteiger partial charge < -0.3 is 15.0 Å². The predicted octanol–water partition coefficient (Wildman–Crippen LogP) is 1.35. The Balaban J connectivity index is 2.49. The molecule has 1 aliphatic heterocycles. The molecule has 0 bridgehead atoms. The molecule has 1 heterocycles. The minimum Gasteiger partial charge on any atom is -0.383 e. The van der Waals surface area contributed by atoms with Gasteiger partial charge in [-0.2, -0.15) is 11.8 Å². The third-order valence-electron chi connectivity index (χ3n) is 2.97. The van der Waals surface area contributed by atoms with Crippen LogP contribution in [0.2, 0.25) is 0 Å². The third kappa shape index (κ3) is 5.59. The van der Waals surface area contributed by atoms with Crippen molar-refractivity contribution in [2.24, 2.45) is 0 Å². The summed E-state index contributed by atoms with van der Waals surface area (Å²) in [6.07, 6.45) is 1.11. The minimum atomic E-state index is -0.0208. The number of carbonyl (C=O) groups is 1. The van der Waals surface area contributed by atoms with Crippen LogP contribution in [0.5, 0.6) is 0 Å². The summed E-state index contributed by atoms with van der Waals surface area (Å²) in [7, 11) is 1.68. The Labute approximate surface area is 115 Å². The molecule has 1 saturated heterocycles. The molecule has 1 N–H and O–H groups in total. The molecule has 0 aliphatic carbocycles. The maximum atomic E-state index is 12.3. The molecular formula is C13H26N2O2S. The van der Waals surface area contributed by atoms with E-state index < -0.39 is 0 Å². The van der Waals surface area contributed by atoms with Crippen LogP contribution in [0.15, 0.2) is 0 Å². The molecule has 5 heteroatoms. The van der Waals surface area contributed by atoms with Crippen molar-refractivity contribution in [2.45, 2.75) is 38.8 Å². The second kappa shape index (κ2) is 7.36. The molecule has 1 atom stereocenters. The predicted molar refractivity (Wildman–Crippen MR) is 77.1 cm³/mol. The first-order chi connectivity index (χ1) is 8.44. The highest BCUT2D eigenvalue weighted by molar-refractivity contribution is 7.99. The van der Waals surface area contributed by atoms with Crippen molar-refractivity contribution in [2.75, 3.05) is 38.3 Å². The summed E-state index contributed by atoms with van der Waals surface area (Å²) in [6.45, 7) is 7.95. The van der Waals surface area contributed by atoms with Gasteiger partial charge in [-0.15, -0.1) is 0 Å². The zero-order chi connectivity index (χ0) is 13.6. The normalized spacial score (nSPS) is 20.1. The lowest BCUT2D eigenvalue weighted by molar-refractivity contribution is -0.133. The molecule has 0 aromatic rings. The molecule has 18 heavy (non-hydrogen) atoms. The Kier molecular flexibility index (Phi) is 6.46. The van der Waals surface area contributed by atoms with Gasteiger partial charge in [-0.05, 0) is 32.9 Å². The zero-order valence-electron chi connectivity index (χ0n) is 12.0. The maximum absolute atomic E-state index is 12.3. The van der Waals surface area contributed by atoms with Crippen molar-refractivity contribution in [3.05, 3.63) is 0 Å². The summed E-state index contributed by atoms with van der Waals surface area (Å²) < 4.78 is 5.11. The number of nitrogens with zero attached hydrogens (tertiary/aromatic N) is 1. The van der Waals surface area contributed by atoms with Crippen LogP contribution in [0.4, 0.5) is 0 Å². The second-order valence-electron chi connectivity index (χ2n) is 5.70. The monoisotopic (exact) mass is 274 g/mol. The standard InChI is InChI=1S/C13H26N2O2S/c1-13(2,3)14-9-12(16)15(6-7-17-4)11-5-8-18-10-11/h11,14H,5-10H2,1-4H3. The molecular weight excluding hydrogens is 248 g/mol. The van der Waals surface area contributed by atoms with E-state index in [4.69, 9.17) is 4.74 Å². The third-order valence-corrected chi connectivity index (χ3v) is 4.12. The fraction of sp³-hybridized carbons (Fsp3) is 0.923. The van der Waals surface area contributed by atoms with Crippen LogP contribution < -0.4 is 5.32 Å². The number of nitrogens with one attached hydrogen (secondary N) is 1. The summed E-state index contributed by atoms with van der Waals surface area (Å²) in [4.78, 5) is 14.3. The Bertz CT molecular complexity index is 260.